The van der Waals surface area contributed by atoms with Crippen LogP contribution in [0.2, 0.25) is 15.5 Å². The zero-order valence-electron chi connectivity index (χ0n) is 47.4. The van der Waals surface area contributed by atoms with Crippen molar-refractivity contribution < 1.29 is 27.8 Å². The van der Waals surface area contributed by atoms with Crippen LogP contribution in [0.1, 0.15) is 118 Å². The summed E-state index contributed by atoms with van der Waals surface area (Å²) in [6.45, 7) is 30.2. The van der Waals surface area contributed by atoms with Gasteiger partial charge in [-0.3, -0.25) is 9.97 Å². The highest BCUT2D eigenvalue weighted by molar-refractivity contribution is 7.99. The second-order valence-corrected chi connectivity index (χ2v) is 24.6. The summed E-state index contributed by atoms with van der Waals surface area (Å²) >= 11 is 21.0. The summed E-state index contributed by atoms with van der Waals surface area (Å²) in [4.78, 5) is 83.8. The van der Waals surface area contributed by atoms with Crippen molar-refractivity contribution in [2.45, 2.75) is 142 Å². The van der Waals surface area contributed by atoms with E-state index in [1.807, 2.05) is 120 Å². The average molecular weight is 1190 g/mol. The lowest BCUT2D eigenvalue weighted by Gasteiger charge is -2.41. The topological polar surface area (TPSA) is 196 Å². The second kappa shape index (κ2) is 25.6. The van der Waals surface area contributed by atoms with Crippen molar-refractivity contribution in [2.24, 2.45) is 0 Å². The van der Waals surface area contributed by atoms with E-state index in [1.54, 1.807) is 9.80 Å². The summed E-state index contributed by atoms with van der Waals surface area (Å²) in [6, 6.07) is 6.31. The minimum Gasteiger partial charge on any atom is -0.444 e. The molecule has 2 aliphatic heterocycles. The van der Waals surface area contributed by atoms with Crippen molar-refractivity contribution in [3.05, 3.63) is 95.1 Å². The number of thioether (sulfide) groups is 2. The molecule has 8 heterocycles. The zero-order chi connectivity index (χ0) is 58.7. The maximum atomic E-state index is 14.8. The van der Waals surface area contributed by atoms with Crippen LogP contribution in [-0.4, -0.2) is 136 Å². The molecule has 18 nitrogen and oxygen atoms in total. The number of aromatic nitrogens is 8. The van der Waals surface area contributed by atoms with Crippen molar-refractivity contribution in [1.82, 2.24) is 54.2 Å². The molecule has 2 aliphatic rings. The minimum atomic E-state index is -0.732. The monoisotopic (exact) mass is 1190 g/mol. The van der Waals surface area contributed by atoms with Gasteiger partial charge in [0.2, 0.25) is 0 Å². The first-order valence-corrected chi connectivity index (χ1v) is 29.2. The highest BCUT2D eigenvalue weighted by Crippen LogP contribution is 2.37. The van der Waals surface area contributed by atoms with E-state index in [0.29, 0.717) is 59.6 Å². The third kappa shape index (κ3) is 15.0. The highest BCUT2D eigenvalue weighted by atomic mass is 35.5. The van der Waals surface area contributed by atoms with E-state index in [-0.39, 0.29) is 56.1 Å². The number of rotatable bonds is 7. The van der Waals surface area contributed by atoms with E-state index in [1.165, 1.54) is 38.7 Å². The third-order valence-corrected chi connectivity index (χ3v) is 14.6. The summed E-state index contributed by atoms with van der Waals surface area (Å²) < 4.78 is 42.2. The predicted molar refractivity (Wildman–Crippen MR) is 312 cm³/mol. The molecular weight excluding hydrogens is 1120 g/mol. The number of anilines is 1. The van der Waals surface area contributed by atoms with Gasteiger partial charge in [0.15, 0.2) is 33.2 Å². The van der Waals surface area contributed by atoms with Crippen molar-refractivity contribution in [1.29, 1.82) is 0 Å². The molecule has 0 bridgehead atoms. The summed E-state index contributed by atoms with van der Waals surface area (Å²) in [7, 11) is 0. The summed E-state index contributed by atoms with van der Waals surface area (Å²) in [5.41, 5.74) is 2.33. The number of hydrogen-bond donors (Lipinski definition) is 1. The Bertz CT molecular complexity index is 3390. The van der Waals surface area contributed by atoms with Gasteiger partial charge in [-0.05, 0) is 118 Å². The molecular formula is C54H69Cl3F2N12O6S2. The van der Waals surface area contributed by atoms with Crippen LogP contribution >= 0.6 is 58.3 Å². The molecule has 428 valence electrons. The molecule has 79 heavy (non-hydrogen) atoms. The molecule has 2 atom stereocenters. The number of pyridine rings is 4. The lowest BCUT2D eigenvalue weighted by molar-refractivity contribution is 0.0197. The van der Waals surface area contributed by atoms with Crippen LogP contribution < -0.4 is 21.6 Å². The van der Waals surface area contributed by atoms with Crippen molar-refractivity contribution in [2.75, 3.05) is 56.7 Å². The number of hydrogen-bond acceptors (Lipinski definition) is 16. The lowest BCUT2D eigenvalue weighted by atomic mass is 10.1. The van der Waals surface area contributed by atoms with Gasteiger partial charge in [-0.25, -0.2) is 47.1 Å². The van der Waals surface area contributed by atoms with Crippen molar-refractivity contribution in [3.63, 3.8) is 0 Å². The van der Waals surface area contributed by atoms with Gasteiger partial charge in [0.1, 0.15) is 22.2 Å². The Morgan fingerprint density at radius 1 is 0.646 bits per heavy atom. The number of nitrogens with zero attached hydrogens (tertiary/aromatic N) is 11. The van der Waals surface area contributed by atoms with Gasteiger partial charge in [0.05, 0.1) is 33.5 Å². The maximum absolute atomic E-state index is 14.8. The normalized spacial score (nSPS) is 16.0. The maximum Gasteiger partial charge on any atom is 0.410 e. The molecule has 0 unspecified atom stereocenters. The fourth-order valence-corrected chi connectivity index (χ4v) is 10.7. The van der Waals surface area contributed by atoms with Gasteiger partial charge in [0, 0.05) is 72.5 Å². The van der Waals surface area contributed by atoms with Gasteiger partial charge in [-0.1, -0.05) is 62.5 Å². The summed E-state index contributed by atoms with van der Waals surface area (Å²) in [6.07, 6.45) is 3.22. The molecule has 2 saturated heterocycles. The Morgan fingerprint density at radius 2 is 1.09 bits per heavy atom. The molecule has 2 amide bonds. The molecule has 2 fully saturated rings. The number of halogens is 5. The molecule has 6 aromatic rings. The predicted octanol–water partition coefficient (Wildman–Crippen LogP) is 11.6. The lowest BCUT2D eigenvalue weighted by Crippen LogP contribution is -2.55. The standard InChI is InChI=1S/C27H34ClFN6O3S.C17H15Cl2FN4OS.C10H20N2O2/c1-14(2)20-21(19(39-8)11-15(3)30-20)35-24-17(12-18(29)22(28)31-24)23(32-25(35)36)34-10-9-33(13-16(34)4)26(37)38-27(5,6)7;1-7(2)12-13(11(26-4)5-8(3)21-12)24-16-9(14(18)23-17(24)25)6-10(20)15(19)22-16;1-8-7-12(6-5-11-8)9(13)14-10(2,3)4/h11-12,14,16H,9-10,13H2,1-8H3;5-7H,1-4H3;8,11H,5-7H2,1-4H3/t16-;;8-/m0.0/s1. The smallest absolute Gasteiger partial charge is 0.410 e. The van der Waals surface area contributed by atoms with E-state index in [9.17, 15) is 28.0 Å². The van der Waals surface area contributed by atoms with Gasteiger partial charge in [0.25, 0.3) is 0 Å². The molecule has 0 spiro atoms. The summed E-state index contributed by atoms with van der Waals surface area (Å²) in [5.74, 6) is -1.13. The molecule has 1 N–H and O–H groups in total. The Kier molecular flexibility index (Phi) is 20.3. The van der Waals surface area contributed by atoms with E-state index >= 15 is 0 Å². The first kappa shape index (κ1) is 62.8. The van der Waals surface area contributed by atoms with Gasteiger partial charge in [-0.15, -0.1) is 23.5 Å². The number of piperazine rings is 2. The molecule has 0 aromatic carbocycles. The van der Waals surface area contributed by atoms with E-state index in [2.05, 4.69) is 37.2 Å². The minimum absolute atomic E-state index is 0.00991. The van der Waals surface area contributed by atoms with Crippen molar-refractivity contribution >= 4 is 98.4 Å². The van der Waals surface area contributed by atoms with Crippen LogP contribution in [0.15, 0.2) is 43.6 Å². The van der Waals surface area contributed by atoms with Crippen LogP contribution in [0.4, 0.5) is 24.2 Å². The molecule has 25 heteroatoms. The Morgan fingerprint density at radius 3 is 1.52 bits per heavy atom. The number of carbonyl (C=O) groups excluding carboxylic acids is 2. The Balaban J connectivity index is 0.000000215. The largest absolute Gasteiger partial charge is 0.444 e. The quantitative estimate of drug-likeness (QED) is 0.0899. The number of amides is 2. The number of fused-ring (bicyclic) bond motifs is 2. The number of nitrogens with one attached hydrogen (secondary N) is 1. The zero-order valence-corrected chi connectivity index (χ0v) is 51.3. The van der Waals surface area contributed by atoms with E-state index in [4.69, 9.17) is 49.3 Å². The first-order valence-electron chi connectivity index (χ1n) is 25.6. The fraction of sp³-hybridized carbons (Fsp3) is 0.519. The van der Waals surface area contributed by atoms with Gasteiger partial charge < -0.3 is 29.5 Å². The SMILES string of the molecule is CSc1cc(C)nc(C(C)C)c1-n1c(=O)nc(Cl)c2cc(F)c(Cl)nc21.CSc1cc(C)nc(C(C)C)c1-n1c(=O)nc(N2CCN(C(=O)OC(C)(C)C)C[C@@H]2C)c2cc(F)c(Cl)nc21.C[C@H]1CN(C(=O)OC(C)(C)C)CCN1. The number of aryl methyl sites for hydroxylation is 2. The first-order chi connectivity index (χ1) is 36.8. The number of ether oxygens (including phenoxy) is 2. The molecule has 8 rings (SSSR count). The van der Waals surface area contributed by atoms with Crippen LogP contribution in [0, 0.1) is 25.5 Å². The molecule has 0 saturated carbocycles. The number of carbonyl (C=O) groups is 2. The van der Waals surface area contributed by atoms with E-state index < -0.39 is 40.3 Å². The summed E-state index contributed by atoms with van der Waals surface area (Å²) in [5, 5.41) is 3.02. The molecule has 0 radical (unpaired) electrons. The van der Waals surface area contributed by atoms with Crippen LogP contribution in [0.25, 0.3) is 33.4 Å². The molecule has 6 aromatic heterocycles. The van der Waals surface area contributed by atoms with Crippen LogP contribution in [0.5, 0.6) is 0 Å². The van der Waals surface area contributed by atoms with E-state index in [0.717, 1.165) is 46.9 Å². The Hall–Kier alpha value is -5.39. The highest BCUT2D eigenvalue weighted by Gasteiger charge is 2.34. The fourth-order valence-electron chi connectivity index (χ4n) is 8.84. The second-order valence-electron chi connectivity index (χ2n) is 21.8. The van der Waals surface area contributed by atoms with Gasteiger partial charge >= 0.3 is 23.6 Å². The van der Waals surface area contributed by atoms with Gasteiger partial charge in [-0.2, -0.15) is 9.97 Å². The average Bonchev–Trinajstić information content (AvgIpc) is 3.56. The Labute approximate surface area is 482 Å². The molecule has 0 aliphatic carbocycles. The van der Waals surface area contributed by atoms with Crippen molar-refractivity contribution in [3.8, 4) is 11.4 Å². The van der Waals surface area contributed by atoms with Crippen LogP contribution in [-0.2, 0) is 9.47 Å². The van der Waals surface area contributed by atoms with Crippen LogP contribution in [0.3, 0.4) is 0 Å². The third-order valence-electron chi connectivity index (χ3n) is 12.3.